The first-order valence-electron chi connectivity index (χ1n) is 8.19. The van der Waals surface area contributed by atoms with Gasteiger partial charge in [-0.15, -0.1) is 0 Å². The van der Waals surface area contributed by atoms with Crippen molar-refractivity contribution in [2.75, 3.05) is 20.2 Å². The monoisotopic (exact) mass is 352 g/mol. The highest BCUT2D eigenvalue weighted by Gasteiger charge is 2.41. The molecule has 7 heteroatoms. The average molecular weight is 352 g/mol. The number of fused-ring (bicyclic) bond motifs is 3. The van der Waals surface area contributed by atoms with Gasteiger partial charge < -0.3 is 28.4 Å². The van der Waals surface area contributed by atoms with Crippen molar-refractivity contribution in [3.05, 3.63) is 52.8 Å². The summed E-state index contributed by atoms with van der Waals surface area (Å²) >= 11 is 0. The molecule has 0 amide bonds. The molecule has 0 saturated heterocycles. The average Bonchev–Trinajstić information content (AvgIpc) is 3.37. The highest BCUT2D eigenvalue weighted by atomic mass is 16.7. The van der Waals surface area contributed by atoms with Crippen molar-refractivity contribution >= 4 is 5.97 Å². The van der Waals surface area contributed by atoms with Crippen LogP contribution in [0.1, 0.15) is 17.0 Å². The number of ether oxygens (including phenoxy) is 6. The lowest BCUT2D eigenvalue weighted by atomic mass is 9.82. The van der Waals surface area contributed by atoms with Gasteiger partial charge in [-0.25, -0.2) is 4.79 Å². The Morgan fingerprint density at radius 1 is 0.769 bits per heavy atom. The molecule has 0 spiro atoms. The Bertz CT molecular complexity index is 1010. The maximum absolute atomic E-state index is 12.4. The molecule has 0 saturated carbocycles. The predicted molar refractivity (Wildman–Crippen MR) is 85.6 cm³/mol. The highest BCUT2D eigenvalue weighted by molar-refractivity contribution is 5.95. The lowest BCUT2D eigenvalue weighted by Crippen LogP contribution is -2.18. The molecule has 6 rings (SSSR count). The first-order chi connectivity index (χ1) is 12.8. The first-order valence-corrected chi connectivity index (χ1v) is 8.19. The van der Waals surface area contributed by atoms with Crippen molar-refractivity contribution in [3.8, 4) is 28.7 Å². The number of hydrogen-bond acceptors (Lipinski definition) is 7. The van der Waals surface area contributed by atoms with Crippen LogP contribution in [-0.4, -0.2) is 26.2 Å². The van der Waals surface area contributed by atoms with Gasteiger partial charge in [0.05, 0.1) is 5.57 Å². The van der Waals surface area contributed by atoms with E-state index in [9.17, 15) is 4.79 Å². The number of esters is 1. The molecule has 0 radical (unpaired) electrons. The van der Waals surface area contributed by atoms with Crippen LogP contribution in [-0.2, 0) is 9.53 Å². The van der Waals surface area contributed by atoms with E-state index in [0.717, 1.165) is 11.1 Å². The number of benzene rings is 2. The van der Waals surface area contributed by atoms with E-state index in [1.54, 1.807) is 6.07 Å². The summed E-state index contributed by atoms with van der Waals surface area (Å²) in [4.78, 5) is 12.4. The molecular formula is C19H12O7. The number of rotatable bonds is 1. The molecule has 2 aromatic carbocycles. The van der Waals surface area contributed by atoms with Gasteiger partial charge >= 0.3 is 5.97 Å². The van der Waals surface area contributed by atoms with Gasteiger partial charge in [0.2, 0.25) is 13.6 Å². The minimum absolute atomic E-state index is 0.128. The number of hydrogen-bond donors (Lipinski definition) is 0. The Labute approximate surface area is 147 Å². The van der Waals surface area contributed by atoms with Gasteiger partial charge in [0.25, 0.3) is 0 Å². The zero-order chi connectivity index (χ0) is 17.3. The second kappa shape index (κ2) is 4.85. The quantitative estimate of drug-likeness (QED) is 0.730. The van der Waals surface area contributed by atoms with Crippen LogP contribution >= 0.6 is 0 Å². The SMILES string of the molecule is O=C1OCC2=C1[C@@H](c1ccc3c(c1)OCO3)c1cc3c(cc1O2)OCO3. The molecule has 7 nitrogen and oxygen atoms in total. The van der Waals surface area contributed by atoms with E-state index in [-0.39, 0.29) is 32.1 Å². The molecule has 4 aliphatic rings. The summed E-state index contributed by atoms with van der Waals surface area (Å²) in [5.74, 6) is 3.06. The van der Waals surface area contributed by atoms with Crippen molar-refractivity contribution in [1.29, 1.82) is 0 Å². The molecule has 0 fully saturated rings. The highest BCUT2D eigenvalue weighted by Crippen LogP contribution is 2.51. The summed E-state index contributed by atoms with van der Waals surface area (Å²) in [6, 6.07) is 9.32. The maximum Gasteiger partial charge on any atom is 0.339 e. The van der Waals surface area contributed by atoms with E-state index < -0.39 is 0 Å². The molecule has 130 valence electrons. The van der Waals surface area contributed by atoms with E-state index in [0.29, 0.717) is 40.1 Å². The molecule has 26 heavy (non-hydrogen) atoms. The van der Waals surface area contributed by atoms with Crippen LogP contribution in [0.4, 0.5) is 0 Å². The van der Waals surface area contributed by atoms with Gasteiger partial charge in [0, 0.05) is 17.5 Å². The van der Waals surface area contributed by atoms with E-state index >= 15 is 0 Å². The van der Waals surface area contributed by atoms with Crippen molar-refractivity contribution in [3.63, 3.8) is 0 Å². The largest absolute Gasteiger partial charge is 0.457 e. The molecule has 1 atom stereocenters. The van der Waals surface area contributed by atoms with Gasteiger partial charge in [0.15, 0.2) is 28.8 Å². The standard InChI is InChI=1S/C19H12O7/c20-19-18-16(6-21-19)26-12-5-15-14(24-8-25-15)4-10(12)17(18)9-1-2-11-13(3-9)23-7-22-11/h1-5,17H,6-8H2/t17-/m0/s1. The molecule has 4 heterocycles. The van der Waals surface area contributed by atoms with Crippen molar-refractivity contribution in [1.82, 2.24) is 0 Å². The minimum atomic E-state index is -0.369. The molecule has 0 bridgehead atoms. The lowest BCUT2D eigenvalue weighted by Gasteiger charge is -2.26. The second-order valence-electron chi connectivity index (χ2n) is 6.30. The Morgan fingerprint density at radius 2 is 1.50 bits per heavy atom. The smallest absolute Gasteiger partial charge is 0.339 e. The maximum atomic E-state index is 12.4. The van der Waals surface area contributed by atoms with Crippen LogP contribution < -0.4 is 23.7 Å². The normalized spacial score (nSPS) is 21.2. The van der Waals surface area contributed by atoms with Gasteiger partial charge in [-0.05, 0) is 23.8 Å². The van der Waals surface area contributed by atoms with Gasteiger partial charge in [-0.1, -0.05) is 6.07 Å². The molecular weight excluding hydrogens is 340 g/mol. The van der Waals surface area contributed by atoms with Crippen LogP contribution in [0.25, 0.3) is 0 Å². The molecule has 4 aliphatic heterocycles. The second-order valence-corrected chi connectivity index (χ2v) is 6.30. The van der Waals surface area contributed by atoms with Gasteiger partial charge in [-0.3, -0.25) is 0 Å². The summed E-state index contributed by atoms with van der Waals surface area (Å²) in [5.41, 5.74) is 2.23. The Hall–Kier alpha value is -3.35. The van der Waals surface area contributed by atoms with Crippen LogP contribution in [0.15, 0.2) is 41.7 Å². The first kappa shape index (κ1) is 13.9. The fourth-order valence-corrected chi connectivity index (χ4v) is 3.74. The zero-order valence-electron chi connectivity index (χ0n) is 13.4. The number of carbonyl (C=O) groups excluding carboxylic acids is 1. The van der Waals surface area contributed by atoms with Gasteiger partial charge in [-0.2, -0.15) is 0 Å². The third-order valence-electron chi connectivity index (χ3n) is 4.92. The molecule has 2 aromatic rings. The summed E-state index contributed by atoms with van der Waals surface area (Å²) in [6.45, 7) is 0.489. The molecule has 0 unspecified atom stereocenters. The van der Waals surface area contributed by atoms with E-state index in [1.165, 1.54) is 0 Å². The minimum Gasteiger partial charge on any atom is -0.457 e. The fraction of sp³-hybridized carbons (Fsp3) is 0.211. The number of cyclic esters (lactones) is 1. The summed E-state index contributed by atoms with van der Waals surface area (Å²) in [6.07, 6.45) is 0. The number of carbonyl (C=O) groups is 1. The molecule has 0 aromatic heterocycles. The third kappa shape index (κ3) is 1.79. The van der Waals surface area contributed by atoms with Gasteiger partial charge in [0.1, 0.15) is 12.4 Å². The Balaban J connectivity index is 1.57. The Kier molecular flexibility index (Phi) is 2.59. The molecule has 0 N–H and O–H groups in total. The summed E-state index contributed by atoms with van der Waals surface area (Å²) < 4.78 is 33.0. The van der Waals surface area contributed by atoms with Crippen LogP contribution in [0.5, 0.6) is 28.7 Å². The predicted octanol–water partition coefficient (Wildman–Crippen LogP) is 2.48. The fourth-order valence-electron chi connectivity index (χ4n) is 3.74. The van der Waals surface area contributed by atoms with Crippen molar-refractivity contribution in [2.24, 2.45) is 0 Å². The van der Waals surface area contributed by atoms with Crippen molar-refractivity contribution in [2.45, 2.75) is 5.92 Å². The van der Waals surface area contributed by atoms with E-state index in [4.69, 9.17) is 28.4 Å². The zero-order valence-corrected chi connectivity index (χ0v) is 13.4. The van der Waals surface area contributed by atoms with Crippen molar-refractivity contribution < 1.29 is 33.2 Å². The molecule has 0 aliphatic carbocycles. The van der Waals surface area contributed by atoms with Crippen LogP contribution in [0, 0.1) is 0 Å². The lowest BCUT2D eigenvalue weighted by molar-refractivity contribution is -0.136. The summed E-state index contributed by atoms with van der Waals surface area (Å²) in [5, 5.41) is 0. The van der Waals surface area contributed by atoms with Crippen LogP contribution in [0.3, 0.4) is 0 Å². The Morgan fingerprint density at radius 3 is 2.35 bits per heavy atom. The van der Waals surface area contributed by atoms with E-state index in [1.807, 2.05) is 24.3 Å². The third-order valence-corrected chi connectivity index (χ3v) is 4.92. The van der Waals surface area contributed by atoms with E-state index in [2.05, 4.69) is 0 Å². The topological polar surface area (TPSA) is 72.5 Å². The summed E-state index contributed by atoms with van der Waals surface area (Å²) in [7, 11) is 0. The van der Waals surface area contributed by atoms with Crippen LogP contribution in [0.2, 0.25) is 0 Å².